The van der Waals surface area contributed by atoms with Gasteiger partial charge < -0.3 is 0 Å². The van der Waals surface area contributed by atoms with Crippen LogP contribution in [0.3, 0.4) is 0 Å². The van der Waals surface area contributed by atoms with Gasteiger partial charge in [0.2, 0.25) is 0 Å². The van der Waals surface area contributed by atoms with Gasteiger partial charge in [-0.15, -0.1) is 0 Å². The first kappa shape index (κ1) is 15.5. The molecule has 0 fully saturated rings. The number of ketones is 1. The van der Waals surface area contributed by atoms with Crippen LogP contribution in [0.15, 0.2) is 55.0 Å². The molecule has 6 nitrogen and oxygen atoms in total. The quantitative estimate of drug-likeness (QED) is 0.283. The Kier molecular flexibility index (Phi) is 4.59. The van der Waals surface area contributed by atoms with Gasteiger partial charge in [-0.25, -0.2) is 0 Å². The monoisotopic (exact) mass is 387 g/mol. The predicted octanol–water partition coefficient (Wildman–Crippen LogP) is 1.06. The summed E-state index contributed by atoms with van der Waals surface area (Å²) in [4.78, 5) is 31.7. The van der Waals surface area contributed by atoms with Crippen molar-refractivity contribution in [2.45, 2.75) is 0 Å². The molecule has 0 amide bonds. The van der Waals surface area contributed by atoms with Crippen molar-refractivity contribution < 1.29 is 9.72 Å². The van der Waals surface area contributed by atoms with E-state index >= 15 is 0 Å². The normalized spacial score (nSPS) is 11.0. The van der Waals surface area contributed by atoms with Crippen LogP contribution in [-0.2, 0) is 0 Å². The van der Waals surface area contributed by atoms with E-state index in [1.807, 2.05) is 12.1 Å². The molecule has 3 aromatic rings. The molecule has 0 aliphatic rings. The number of hydrogen-bond donors (Lipinski definition) is 0. The van der Waals surface area contributed by atoms with Crippen LogP contribution in [0.4, 0.5) is 5.69 Å². The Morgan fingerprint density at radius 1 is 1.17 bits per heavy atom. The third-order valence-electron chi connectivity index (χ3n) is 3.01. The van der Waals surface area contributed by atoms with Crippen molar-refractivity contribution in [2.75, 3.05) is 0 Å². The number of rotatable bonds is 5. The van der Waals surface area contributed by atoms with Gasteiger partial charge in [0.1, 0.15) is 0 Å². The molecule has 0 spiro atoms. The van der Waals surface area contributed by atoms with Crippen LogP contribution >= 0.6 is 11.3 Å². The Morgan fingerprint density at radius 3 is 2.65 bits per heavy atom. The SMILES string of the molecule is O=C(c1cnc([AsH]c2ccncc2)s1)c1ccccc1[N+](=O)[O-]. The standard InChI is InChI=1S/C15H10AsN3O3S/c20-14(11-3-1-2-4-12(11)19(21)22)13-9-18-15(23-13)16-10-5-7-17-8-6-10/h1-9,16H. The Bertz CT molecular complexity index is 867. The van der Waals surface area contributed by atoms with Crippen molar-refractivity contribution in [1.29, 1.82) is 0 Å². The fourth-order valence-corrected chi connectivity index (χ4v) is 5.70. The van der Waals surface area contributed by atoms with Crippen LogP contribution in [0.2, 0.25) is 0 Å². The molecule has 0 aliphatic heterocycles. The third-order valence-corrected chi connectivity index (χ3v) is 7.01. The van der Waals surface area contributed by atoms with Gasteiger partial charge in [0, 0.05) is 0 Å². The molecule has 0 N–H and O–H groups in total. The average molecular weight is 387 g/mol. The molecule has 3 rings (SSSR count). The summed E-state index contributed by atoms with van der Waals surface area (Å²) in [6, 6.07) is 9.84. The molecule has 0 bridgehead atoms. The van der Waals surface area contributed by atoms with Crippen LogP contribution in [0, 0.1) is 10.1 Å². The van der Waals surface area contributed by atoms with Gasteiger partial charge in [-0.05, 0) is 0 Å². The third kappa shape index (κ3) is 3.52. The predicted molar refractivity (Wildman–Crippen MR) is 89.3 cm³/mol. The van der Waals surface area contributed by atoms with E-state index in [-0.39, 0.29) is 17.0 Å². The van der Waals surface area contributed by atoms with Crippen molar-refractivity contribution in [3.05, 3.63) is 75.5 Å². The molecule has 0 aliphatic carbocycles. The number of hydrogen-bond acceptors (Lipinski definition) is 6. The van der Waals surface area contributed by atoms with Gasteiger partial charge in [-0.1, -0.05) is 0 Å². The topological polar surface area (TPSA) is 86.0 Å². The van der Waals surface area contributed by atoms with Gasteiger partial charge in [-0.3, -0.25) is 0 Å². The number of nitrogens with zero attached hydrogens (tertiary/aromatic N) is 3. The van der Waals surface area contributed by atoms with Crippen LogP contribution in [0.5, 0.6) is 0 Å². The van der Waals surface area contributed by atoms with E-state index in [1.54, 1.807) is 24.5 Å². The number of carbonyl (C=O) groups excluding carboxylic acids is 1. The average Bonchev–Trinajstić information content (AvgIpc) is 3.03. The Labute approximate surface area is 142 Å². The van der Waals surface area contributed by atoms with Crippen LogP contribution in [-0.4, -0.2) is 36.4 Å². The summed E-state index contributed by atoms with van der Waals surface area (Å²) in [6.45, 7) is 0. The molecule has 114 valence electrons. The summed E-state index contributed by atoms with van der Waals surface area (Å²) in [5, 5.41) is 11.0. The molecule has 23 heavy (non-hydrogen) atoms. The molecule has 0 saturated carbocycles. The number of para-hydroxylation sites is 1. The zero-order chi connectivity index (χ0) is 16.2. The van der Waals surface area contributed by atoms with Crippen molar-refractivity contribution >= 4 is 46.7 Å². The zero-order valence-corrected chi connectivity index (χ0v) is 14.6. The second-order valence-electron chi connectivity index (χ2n) is 4.49. The molecule has 2 aromatic heterocycles. The maximum absolute atomic E-state index is 12.5. The first-order chi connectivity index (χ1) is 11.1. The summed E-state index contributed by atoms with van der Waals surface area (Å²) in [5.41, 5.74) is -0.0887. The Morgan fingerprint density at radius 2 is 1.91 bits per heavy atom. The van der Waals surface area contributed by atoms with Gasteiger partial charge in [0.05, 0.1) is 0 Å². The van der Waals surface area contributed by atoms with Gasteiger partial charge in [-0.2, -0.15) is 0 Å². The van der Waals surface area contributed by atoms with Crippen molar-refractivity contribution in [1.82, 2.24) is 9.97 Å². The summed E-state index contributed by atoms with van der Waals surface area (Å²) >= 11 is 0.670. The first-order valence-electron chi connectivity index (χ1n) is 6.56. The van der Waals surface area contributed by atoms with E-state index in [1.165, 1.54) is 34.0 Å². The van der Waals surface area contributed by atoms with E-state index in [2.05, 4.69) is 9.97 Å². The van der Waals surface area contributed by atoms with E-state index in [4.69, 9.17) is 0 Å². The number of thiazole rings is 1. The number of carbonyl (C=O) groups is 1. The van der Waals surface area contributed by atoms with Crippen molar-refractivity contribution in [3.8, 4) is 0 Å². The molecule has 1 unspecified atom stereocenters. The molecule has 1 atom stereocenters. The van der Waals surface area contributed by atoms with Crippen molar-refractivity contribution in [3.63, 3.8) is 0 Å². The number of pyridine rings is 1. The second-order valence-corrected chi connectivity index (χ2v) is 9.01. The number of nitro groups is 1. The maximum atomic E-state index is 12.5. The number of aromatic nitrogens is 2. The molecule has 2 heterocycles. The van der Waals surface area contributed by atoms with Crippen LogP contribution in [0.1, 0.15) is 15.2 Å². The van der Waals surface area contributed by atoms with Crippen LogP contribution < -0.4 is 8.15 Å². The number of nitro benzene ring substituents is 1. The molecule has 0 radical (unpaired) electrons. The molecular weight excluding hydrogens is 377 g/mol. The van der Waals surface area contributed by atoms with Crippen LogP contribution in [0.25, 0.3) is 0 Å². The van der Waals surface area contributed by atoms with E-state index < -0.39 is 20.7 Å². The van der Waals surface area contributed by atoms with Gasteiger partial charge in [0.25, 0.3) is 0 Å². The minimum absolute atomic E-state index is 0.0941. The minimum atomic E-state index is -0.633. The number of benzene rings is 1. The molecular formula is C15H10AsN3O3S. The molecule has 0 saturated heterocycles. The summed E-state index contributed by atoms with van der Waals surface area (Å²) in [7, 11) is 0. The molecule has 8 heteroatoms. The zero-order valence-electron chi connectivity index (χ0n) is 11.7. The fraction of sp³-hybridized carbons (Fsp3) is 0. The van der Waals surface area contributed by atoms with E-state index in [0.29, 0.717) is 4.88 Å². The van der Waals surface area contributed by atoms with Gasteiger partial charge in [0.15, 0.2) is 0 Å². The Balaban J connectivity index is 1.86. The Hall–Kier alpha value is -2.37. The molecule has 1 aromatic carbocycles. The second kappa shape index (κ2) is 6.81. The van der Waals surface area contributed by atoms with Crippen molar-refractivity contribution in [2.24, 2.45) is 0 Å². The summed E-state index contributed by atoms with van der Waals surface area (Å²) in [5.74, 6) is -0.359. The van der Waals surface area contributed by atoms with E-state index in [9.17, 15) is 14.9 Å². The first-order valence-corrected chi connectivity index (χ1v) is 9.47. The summed E-state index contributed by atoms with van der Waals surface area (Å²) < 4.78 is 2.07. The van der Waals surface area contributed by atoms with Gasteiger partial charge >= 0.3 is 142 Å². The van der Waals surface area contributed by atoms with E-state index in [0.717, 1.165) is 3.80 Å². The fourth-order valence-electron chi connectivity index (χ4n) is 1.95. The summed E-state index contributed by atoms with van der Waals surface area (Å²) in [6.07, 6.45) is 4.96.